The van der Waals surface area contributed by atoms with Crippen molar-refractivity contribution in [2.75, 3.05) is 0 Å². The van der Waals surface area contributed by atoms with Crippen LogP contribution in [-0.4, -0.2) is 13.3 Å². The SMILES string of the molecule is CCCCC[CH2][Ge]([CH2]CCC)([CH2]CCC)[CH]1CCCCC1. The molecule has 0 N–H and O–H groups in total. The zero-order valence-electron chi connectivity index (χ0n) is 15.4. The maximum atomic E-state index is 2.41. The predicted octanol–water partition coefficient (Wildman–Crippen LogP) is 7.95. The quantitative estimate of drug-likeness (QED) is 0.246. The third-order valence-electron chi connectivity index (χ3n) is 6.06. The van der Waals surface area contributed by atoms with Crippen LogP contribution in [0.3, 0.4) is 0 Å². The summed E-state index contributed by atoms with van der Waals surface area (Å²) in [5, 5.41) is 5.16. The molecule has 21 heavy (non-hydrogen) atoms. The topological polar surface area (TPSA) is 0 Å². The van der Waals surface area contributed by atoms with Gasteiger partial charge < -0.3 is 0 Å². The normalized spacial score (nSPS) is 17.3. The molecule has 0 bridgehead atoms. The van der Waals surface area contributed by atoms with Gasteiger partial charge in [-0.15, -0.1) is 0 Å². The van der Waals surface area contributed by atoms with E-state index in [1.165, 1.54) is 43.3 Å². The molecule has 0 radical (unpaired) electrons. The first-order chi connectivity index (χ1) is 10.3. The molecule has 0 aromatic heterocycles. The third kappa shape index (κ3) is 7.10. The molecule has 1 fully saturated rings. The van der Waals surface area contributed by atoms with E-state index >= 15 is 0 Å². The Balaban J connectivity index is 2.68. The molecule has 1 rings (SSSR count). The van der Waals surface area contributed by atoms with Crippen molar-refractivity contribution >= 4 is 13.3 Å². The molecule has 0 aromatic carbocycles. The van der Waals surface area contributed by atoms with Gasteiger partial charge in [-0.25, -0.2) is 0 Å². The van der Waals surface area contributed by atoms with Crippen molar-refractivity contribution in [2.45, 2.75) is 125 Å². The van der Waals surface area contributed by atoms with Gasteiger partial charge in [-0.2, -0.15) is 0 Å². The van der Waals surface area contributed by atoms with Crippen LogP contribution in [0.15, 0.2) is 0 Å². The van der Waals surface area contributed by atoms with Gasteiger partial charge in [0, 0.05) is 0 Å². The molecule has 0 heterocycles. The summed E-state index contributed by atoms with van der Waals surface area (Å²) in [5.41, 5.74) is 0. The van der Waals surface area contributed by atoms with Crippen molar-refractivity contribution in [3.05, 3.63) is 0 Å². The first-order valence-corrected chi connectivity index (χ1v) is 15.9. The molecule has 1 heteroatoms. The summed E-state index contributed by atoms with van der Waals surface area (Å²) in [7, 11) is 0. The van der Waals surface area contributed by atoms with Crippen LogP contribution in [0.25, 0.3) is 0 Å². The Labute approximate surface area is 138 Å². The van der Waals surface area contributed by atoms with Gasteiger partial charge in [0.1, 0.15) is 0 Å². The Morgan fingerprint density at radius 3 is 1.67 bits per heavy atom. The molecule has 1 aliphatic carbocycles. The van der Waals surface area contributed by atoms with Gasteiger partial charge in [0.2, 0.25) is 0 Å². The molecule has 0 atom stereocenters. The summed E-state index contributed by atoms with van der Waals surface area (Å²) in [6, 6.07) is 0. The minimum atomic E-state index is -1.58. The van der Waals surface area contributed by atoms with E-state index in [1.807, 2.05) is 0 Å². The van der Waals surface area contributed by atoms with Crippen LogP contribution in [-0.2, 0) is 0 Å². The van der Waals surface area contributed by atoms with E-state index in [0.29, 0.717) is 0 Å². The molecular formula is C20H42Ge. The number of hydrogen-bond acceptors (Lipinski definition) is 0. The van der Waals surface area contributed by atoms with E-state index in [2.05, 4.69) is 20.8 Å². The first kappa shape index (κ1) is 19.6. The van der Waals surface area contributed by atoms with E-state index in [1.54, 1.807) is 60.7 Å². The van der Waals surface area contributed by atoms with Gasteiger partial charge in [0.15, 0.2) is 0 Å². The maximum absolute atomic E-state index is 2.41. The average Bonchev–Trinajstić information content (AvgIpc) is 2.54. The molecular weight excluding hydrogens is 313 g/mol. The van der Waals surface area contributed by atoms with Gasteiger partial charge >= 0.3 is 138 Å². The summed E-state index contributed by atoms with van der Waals surface area (Å²) in [4.78, 5) is 0. The van der Waals surface area contributed by atoms with Gasteiger partial charge in [-0.3, -0.25) is 0 Å². The Morgan fingerprint density at radius 1 is 0.619 bits per heavy atom. The second-order valence-corrected chi connectivity index (χ2v) is 18.3. The first-order valence-electron chi connectivity index (χ1n) is 10.3. The van der Waals surface area contributed by atoms with Crippen molar-refractivity contribution in [1.29, 1.82) is 0 Å². The number of rotatable bonds is 12. The Hall–Kier alpha value is 0.543. The summed E-state index contributed by atoms with van der Waals surface area (Å²) >= 11 is -1.58. The number of unbranched alkanes of at least 4 members (excludes halogenated alkanes) is 5. The van der Waals surface area contributed by atoms with Gasteiger partial charge in [-0.05, 0) is 0 Å². The van der Waals surface area contributed by atoms with E-state index in [0.717, 1.165) is 0 Å². The van der Waals surface area contributed by atoms with Gasteiger partial charge in [0.25, 0.3) is 0 Å². The van der Waals surface area contributed by atoms with Crippen LogP contribution in [0.5, 0.6) is 0 Å². The van der Waals surface area contributed by atoms with Crippen molar-refractivity contribution in [1.82, 2.24) is 0 Å². The Morgan fingerprint density at radius 2 is 1.14 bits per heavy atom. The predicted molar refractivity (Wildman–Crippen MR) is 101 cm³/mol. The summed E-state index contributed by atoms with van der Waals surface area (Å²) < 4.78 is 1.25. The van der Waals surface area contributed by atoms with Crippen LogP contribution in [0.2, 0.25) is 20.5 Å². The van der Waals surface area contributed by atoms with Crippen LogP contribution < -0.4 is 0 Å². The molecule has 0 aromatic rings. The van der Waals surface area contributed by atoms with E-state index in [4.69, 9.17) is 0 Å². The summed E-state index contributed by atoms with van der Waals surface area (Å²) in [5.74, 6) is 0. The fourth-order valence-corrected chi connectivity index (χ4v) is 18.7. The monoisotopic (exact) mass is 356 g/mol. The molecule has 0 amide bonds. The third-order valence-corrected chi connectivity index (χ3v) is 19.4. The number of hydrogen-bond donors (Lipinski definition) is 0. The standard InChI is InChI=1S/C20H42Ge/c1-4-7-10-14-19-21(17-8-5-2,18-9-6-3)20-15-12-11-13-16-20/h20H,4-19H2,1-3H3. The zero-order valence-corrected chi connectivity index (χ0v) is 17.5. The summed E-state index contributed by atoms with van der Waals surface area (Å²) in [6.07, 6.45) is 19.8. The fraction of sp³-hybridized carbons (Fsp3) is 1.00. The molecule has 0 aliphatic heterocycles. The van der Waals surface area contributed by atoms with E-state index in [-0.39, 0.29) is 0 Å². The van der Waals surface area contributed by atoms with Crippen LogP contribution >= 0.6 is 0 Å². The van der Waals surface area contributed by atoms with Crippen LogP contribution in [0, 0.1) is 0 Å². The molecule has 126 valence electrons. The van der Waals surface area contributed by atoms with E-state index in [9.17, 15) is 0 Å². The minimum absolute atomic E-state index is 1.25. The van der Waals surface area contributed by atoms with E-state index < -0.39 is 13.3 Å². The molecule has 0 spiro atoms. The van der Waals surface area contributed by atoms with Crippen LogP contribution in [0.4, 0.5) is 0 Å². The molecule has 1 saturated carbocycles. The molecule has 0 saturated heterocycles. The van der Waals surface area contributed by atoms with Gasteiger partial charge in [0.05, 0.1) is 0 Å². The van der Waals surface area contributed by atoms with Crippen LogP contribution in [0.1, 0.15) is 104 Å². The molecule has 1 aliphatic rings. The zero-order chi connectivity index (χ0) is 15.4. The summed E-state index contributed by atoms with van der Waals surface area (Å²) in [6.45, 7) is 7.17. The second-order valence-electron chi connectivity index (χ2n) is 7.72. The average molecular weight is 355 g/mol. The van der Waals surface area contributed by atoms with Crippen molar-refractivity contribution in [3.63, 3.8) is 0 Å². The van der Waals surface area contributed by atoms with Gasteiger partial charge in [-0.1, -0.05) is 0 Å². The van der Waals surface area contributed by atoms with Crippen molar-refractivity contribution < 1.29 is 0 Å². The Bertz CT molecular complexity index is 222. The molecule has 0 nitrogen and oxygen atoms in total. The second kappa shape index (κ2) is 12.0. The Kier molecular flexibility index (Phi) is 11.2. The van der Waals surface area contributed by atoms with Crippen molar-refractivity contribution in [2.24, 2.45) is 0 Å². The van der Waals surface area contributed by atoms with Crippen molar-refractivity contribution in [3.8, 4) is 0 Å². The molecule has 0 unspecified atom stereocenters. The fourth-order valence-electron chi connectivity index (χ4n) is 4.66.